The summed E-state index contributed by atoms with van der Waals surface area (Å²) in [6, 6.07) is 18.3. The monoisotopic (exact) mass is 362 g/mol. The molecule has 0 heterocycles. The summed E-state index contributed by atoms with van der Waals surface area (Å²) in [5.74, 6) is 0.814. The van der Waals surface area contributed by atoms with Crippen molar-refractivity contribution >= 4 is 18.3 Å². The normalized spacial score (nSPS) is 11.3. The van der Waals surface area contributed by atoms with Crippen molar-refractivity contribution in [2.24, 2.45) is 0 Å². The van der Waals surface area contributed by atoms with Crippen LogP contribution < -0.4 is 15.4 Å². The highest BCUT2D eigenvalue weighted by Gasteiger charge is 2.08. The summed E-state index contributed by atoms with van der Waals surface area (Å²) in [7, 11) is 0. The molecule has 0 radical (unpaired) electrons. The Morgan fingerprint density at radius 2 is 1.76 bits per heavy atom. The van der Waals surface area contributed by atoms with Crippen LogP contribution in [-0.4, -0.2) is 31.6 Å². The third-order valence-electron chi connectivity index (χ3n) is 3.72. The van der Waals surface area contributed by atoms with Gasteiger partial charge in [0, 0.05) is 18.2 Å². The van der Waals surface area contributed by atoms with E-state index in [-0.39, 0.29) is 24.4 Å². The number of carbonyl (C=O) groups excluding carboxylic acids is 1. The summed E-state index contributed by atoms with van der Waals surface area (Å²) < 4.78 is 5.84. The third kappa shape index (κ3) is 7.16. The van der Waals surface area contributed by atoms with Gasteiger partial charge >= 0.3 is 0 Å². The molecule has 0 aliphatic carbocycles. The first kappa shape index (κ1) is 21.0. The summed E-state index contributed by atoms with van der Waals surface area (Å²) in [4.78, 5) is 11.9. The quantitative estimate of drug-likeness (QED) is 0.715. The van der Waals surface area contributed by atoms with Gasteiger partial charge in [0.25, 0.3) is 0 Å². The molecule has 0 aliphatic rings. The molecule has 0 aromatic heterocycles. The van der Waals surface area contributed by atoms with Gasteiger partial charge in [-0.15, -0.1) is 12.4 Å². The Morgan fingerprint density at radius 3 is 2.48 bits per heavy atom. The van der Waals surface area contributed by atoms with Gasteiger partial charge in [-0.2, -0.15) is 0 Å². The summed E-state index contributed by atoms with van der Waals surface area (Å²) >= 11 is 0. The van der Waals surface area contributed by atoms with E-state index in [1.807, 2.05) is 42.5 Å². The molecule has 25 heavy (non-hydrogen) atoms. The number of hydrogen-bond donors (Lipinski definition) is 2. The fraction of sp³-hybridized carbons (Fsp3) is 0.350. The second kappa shape index (κ2) is 11.5. The predicted molar refractivity (Wildman–Crippen MR) is 105 cm³/mol. The van der Waals surface area contributed by atoms with Crippen LogP contribution in [0.1, 0.15) is 20.3 Å². The van der Waals surface area contributed by atoms with Gasteiger partial charge in [0.2, 0.25) is 5.91 Å². The molecule has 136 valence electrons. The van der Waals surface area contributed by atoms with Gasteiger partial charge in [-0.1, -0.05) is 55.5 Å². The minimum Gasteiger partial charge on any atom is -0.492 e. The molecule has 5 heteroatoms. The molecule has 2 rings (SSSR count). The second-order valence-electron chi connectivity index (χ2n) is 5.72. The van der Waals surface area contributed by atoms with Gasteiger partial charge < -0.3 is 15.4 Å². The number of carbonyl (C=O) groups is 1. The topological polar surface area (TPSA) is 50.4 Å². The molecule has 0 fully saturated rings. The van der Waals surface area contributed by atoms with Crippen LogP contribution >= 0.6 is 12.4 Å². The Labute approximate surface area is 156 Å². The number of likely N-dealkylation sites (N-methyl/N-ethyl adjacent to an activating group) is 1. The van der Waals surface area contributed by atoms with Crippen molar-refractivity contribution in [2.45, 2.75) is 26.3 Å². The third-order valence-corrected chi connectivity index (χ3v) is 3.72. The van der Waals surface area contributed by atoms with E-state index in [1.54, 1.807) is 0 Å². The lowest BCUT2D eigenvalue weighted by molar-refractivity contribution is -0.121. The number of amides is 1. The van der Waals surface area contributed by atoms with Crippen LogP contribution in [0.4, 0.5) is 0 Å². The maximum atomic E-state index is 11.9. The molecule has 2 N–H and O–H groups in total. The molecule has 2 aromatic carbocycles. The van der Waals surface area contributed by atoms with Crippen LogP contribution in [0.3, 0.4) is 0 Å². The number of hydrogen-bond acceptors (Lipinski definition) is 3. The Morgan fingerprint density at radius 1 is 1.08 bits per heavy atom. The number of nitrogens with one attached hydrogen (secondary N) is 2. The van der Waals surface area contributed by atoms with E-state index < -0.39 is 0 Å². The van der Waals surface area contributed by atoms with E-state index in [4.69, 9.17) is 4.74 Å². The molecule has 0 spiro atoms. The average molecular weight is 363 g/mol. The lowest BCUT2D eigenvalue weighted by atomic mass is 10.1. The zero-order chi connectivity index (χ0) is 17.2. The Bertz CT molecular complexity index is 635. The van der Waals surface area contributed by atoms with Gasteiger partial charge in [-0.25, -0.2) is 0 Å². The first-order chi connectivity index (χ1) is 11.7. The first-order valence-corrected chi connectivity index (χ1v) is 8.48. The van der Waals surface area contributed by atoms with E-state index in [1.165, 1.54) is 0 Å². The number of rotatable bonds is 9. The van der Waals surface area contributed by atoms with Gasteiger partial charge in [0.05, 0.1) is 13.0 Å². The van der Waals surface area contributed by atoms with Crippen molar-refractivity contribution in [3.05, 3.63) is 54.6 Å². The highest BCUT2D eigenvalue weighted by Crippen LogP contribution is 2.29. The predicted octanol–water partition coefficient (Wildman–Crippen LogP) is 3.66. The van der Waals surface area contributed by atoms with Crippen LogP contribution in [0.2, 0.25) is 0 Å². The van der Waals surface area contributed by atoms with Gasteiger partial charge in [0.1, 0.15) is 5.75 Å². The summed E-state index contributed by atoms with van der Waals surface area (Å²) in [6.07, 6.45) is 0.349. The zero-order valence-corrected chi connectivity index (χ0v) is 15.6. The number of para-hydroxylation sites is 1. The zero-order valence-electron chi connectivity index (χ0n) is 14.8. The van der Waals surface area contributed by atoms with Crippen LogP contribution in [0, 0.1) is 0 Å². The van der Waals surface area contributed by atoms with Crippen LogP contribution in [-0.2, 0) is 4.79 Å². The molecule has 4 nitrogen and oxygen atoms in total. The smallest absolute Gasteiger partial charge is 0.223 e. The lowest BCUT2D eigenvalue weighted by Crippen LogP contribution is -2.39. The second-order valence-corrected chi connectivity index (χ2v) is 5.72. The minimum absolute atomic E-state index is 0. The van der Waals surface area contributed by atoms with Crippen molar-refractivity contribution < 1.29 is 9.53 Å². The molecular formula is C20H27ClN2O2. The lowest BCUT2D eigenvalue weighted by Gasteiger charge is -2.14. The van der Waals surface area contributed by atoms with Crippen molar-refractivity contribution in [2.75, 3.05) is 19.7 Å². The van der Waals surface area contributed by atoms with Crippen LogP contribution in [0.25, 0.3) is 11.1 Å². The fourth-order valence-corrected chi connectivity index (χ4v) is 2.48. The SMILES string of the molecule is CCN[C@H](C)CNC(=O)CCOc1ccccc1-c1ccccc1.Cl. The Hall–Kier alpha value is -2.04. The average Bonchev–Trinajstić information content (AvgIpc) is 2.61. The summed E-state index contributed by atoms with van der Waals surface area (Å²) in [5.41, 5.74) is 2.15. The first-order valence-electron chi connectivity index (χ1n) is 8.48. The Balaban J connectivity index is 0.00000312. The van der Waals surface area contributed by atoms with Gasteiger partial charge in [-0.05, 0) is 25.1 Å². The highest BCUT2D eigenvalue weighted by molar-refractivity contribution is 5.85. The molecule has 0 unspecified atom stereocenters. The van der Waals surface area contributed by atoms with Crippen molar-refractivity contribution in [3.63, 3.8) is 0 Å². The van der Waals surface area contributed by atoms with E-state index in [0.29, 0.717) is 19.6 Å². The molecule has 1 amide bonds. The maximum absolute atomic E-state index is 11.9. The van der Waals surface area contributed by atoms with Crippen LogP contribution in [0.5, 0.6) is 5.75 Å². The number of ether oxygens (including phenoxy) is 1. The summed E-state index contributed by atoms with van der Waals surface area (Å²) in [5, 5.41) is 6.18. The molecule has 2 aromatic rings. The molecule has 0 saturated carbocycles. The molecular weight excluding hydrogens is 336 g/mol. The molecule has 1 atom stereocenters. The van der Waals surface area contributed by atoms with E-state index in [9.17, 15) is 4.79 Å². The van der Waals surface area contributed by atoms with Crippen molar-refractivity contribution in [3.8, 4) is 16.9 Å². The van der Waals surface area contributed by atoms with Gasteiger partial charge in [0.15, 0.2) is 0 Å². The van der Waals surface area contributed by atoms with Crippen LogP contribution in [0.15, 0.2) is 54.6 Å². The van der Waals surface area contributed by atoms with Crippen molar-refractivity contribution in [1.82, 2.24) is 10.6 Å². The van der Waals surface area contributed by atoms with E-state index in [0.717, 1.165) is 23.4 Å². The number of benzene rings is 2. The van der Waals surface area contributed by atoms with E-state index in [2.05, 4.69) is 36.6 Å². The molecule has 0 bridgehead atoms. The van der Waals surface area contributed by atoms with E-state index >= 15 is 0 Å². The van der Waals surface area contributed by atoms with Crippen molar-refractivity contribution in [1.29, 1.82) is 0 Å². The standard InChI is InChI=1S/C20H26N2O2.ClH/c1-3-21-16(2)15-22-20(23)13-14-24-19-12-8-7-11-18(19)17-9-5-4-6-10-17;/h4-12,16,21H,3,13-15H2,1-2H3,(H,22,23);1H/t16-;/m1./s1. The molecule has 0 aliphatic heterocycles. The highest BCUT2D eigenvalue weighted by atomic mass is 35.5. The largest absolute Gasteiger partial charge is 0.492 e. The fourth-order valence-electron chi connectivity index (χ4n) is 2.48. The number of halogens is 1. The maximum Gasteiger partial charge on any atom is 0.223 e. The Kier molecular flexibility index (Phi) is 9.66. The molecule has 0 saturated heterocycles. The summed E-state index contributed by atoms with van der Waals surface area (Å²) in [6.45, 7) is 6.00. The minimum atomic E-state index is 0. The van der Waals surface area contributed by atoms with Gasteiger partial charge in [-0.3, -0.25) is 4.79 Å².